The van der Waals surface area contributed by atoms with Crippen molar-refractivity contribution in [3.8, 4) is 0 Å². The van der Waals surface area contributed by atoms with Gasteiger partial charge in [0, 0.05) is 56.2 Å². The molecule has 1 N–H and O–H groups in total. The van der Waals surface area contributed by atoms with E-state index >= 15 is 0 Å². The molecule has 20 heavy (non-hydrogen) atoms. The summed E-state index contributed by atoms with van der Waals surface area (Å²) in [6.07, 6.45) is 0. The minimum Gasteiger partial charge on any atom is -0.311 e. The van der Waals surface area contributed by atoms with Gasteiger partial charge in [-0.15, -0.1) is 11.3 Å². The van der Waals surface area contributed by atoms with E-state index in [1.165, 1.54) is 43.2 Å². The molecule has 0 bridgehead atoms. The van der Waals surface area contributed by atoms with E-state index in [0.29, 0.717) is 5.54 Å². The zero-order valence-corrected chi connectivity index (χ0v) is 14.2. The quantitative estimate of drug-likeness (QED) is 0.842. The highest BCUT2D eigenvalue weighted by molar-refractivity contribution is 7.10. The van der Waals surface area contributed by atoms with Crippen molar-refractivity contribution in [2.45, 2.75) is 39.8 Å². The Balaban J connectivity index is 1.61. The first kappa shape index (κ1) is 16.0. The molecule has 0 unspecified atom stereocenters. The average Bonchev–Trinajstić information content (AvgIpc) is 2.80. The molecule has 0 spiro atoms. The minimum atomic E-state index is 0.320. The zero-order valence-electron chi connectivity index (χ0n) is 13.4. The van der Waals surface area contributed by atoms with Gasteiger partial charge < -0.3 is 5.32 Å². The standard InChI is InChI=1S/C16H29N3S/c1-14-5-12-20-15(14)13-17-6-7-18-8-10-19(11-9-18)16(2,3)4/h5,12,17H,6-11,13H2,1-4H3. The Kier molecular flexibility index (Phi) is 5.61. The summed E-state index contributed by atoms with van der Waals surface area (Å²) in [4.78, 5) is 6.64. The number of rotatable bonds is 5. The molecule has 1 aromatic heterocycles. The fourth-order valence-corrected chi connectivity index (χ4v) is 3.54. The van der Waals surface area contributed by atoms with E-state index < -0.39 is 0 Å². The number of aryl methyl sites for hydroxylation is 1. The molecule has 0 atom stereocenters. The highest BCUT2D eigenvalue weighted by Crippen LogP contribution is 2.16. The molecule has 1 aliphatic rings. The summed E-state index contributed by atoms with van der Waals surface area (Å²) in [7, 11) is 0. The SMILES string of the molecule is Cc1ccsc1CNCCN1CCN(C(C)(C)C)CC1. The average molecular weight is 295 g/mol. The van der Waals surface area contributed by atoms with Gasteiger partial charge in [0.1, 0.15) is 0 Å². The predicted molar refractivity (Wildman–Crippen MR) is 88.5 cm³/mol. The maximum absolute atomic E-state index is 3.57. The van der Waals surface area contributed by atoms with Gasteiger partial charge in [0.25, 0.3) is 0 Å². The summed E-state index contributed by atoms with van der Waals surface area (Å²) >= 11 is 1.86. The lowest BCUT2D eigenvalue weighted by atomic mass is 10.1. The Morgan fingerprint density at radius 3 is 2.45 bits per heavy atom. The van der Waals surface area contributed by atoms with Crippen LogP contribution in [0.4, 0.5) is 0 Å². The molecular formula is C16H29N3S. The summed E-state index contributed by atoms with van der Waals surface area (Å²) in [5, 5.41) is 5.75. The van der Waals surface area contributed by atoms with Gasteiger partial charge in [0.2, 0.25) is 0 Å². The van der Waals surface area contributed by atoms with Gasteiger partial charge in [-0.25, -0.2) is 0 Å². The fourth-order valence-electron chi connectivity index (χ4n) is 2.67. The molecule has 1 aliphatic heterocycles. The van der Waals surface area contributed by atoms with Crippen LogP contribution in [0.2, 0.25) is 0 Å². The normalized spacial score (nSPS) is 18.6. The monoisotopic (exact) mass is 295 g/mol. The van der Waals surface area contributed by atoms with Gasteiger partial charge in [-0.1, -0.05) is 0 Å². The lowest BCUT2D eigenvalue weighted by molar-refractivity contribution is 0.0628. The van der Waals surface area contributed by atoms with Crippen LogP contribution in [0.25, 0.3) is 0 Å². The smallest absolute Gasteiger partial charge is 0.0302 e. The fraction of sp³-hybridized carbons (Fsp3) is 0.750. The van der Waals surface area contributed by atoms with Crippen LogP contribution in [-0.4, -0.2) is 54.6 Å². The first-order valence-electron chi connectivity index (χ1n) is 7.68. The second-order valence-electron chi connectivity index (χ2n) is 6.70. The van der Waals surface area contributed by atoms with Gasteiger partial charge in [0.15, 0.2) is 0 Å². The molecule has 0 aliphatic carbocycles. The molecule has 1 fully saturated rings. The van der Waals surface area contributed by atoms with Crippen molar-refractivity contribution in [3.05, 3.63) is 21.9 Å². The Morgan fingerprint density at radius 2 is 1.90 bits per heavy atom. The van der Waals surface area contributed by atoms with E-state index in [2.05, 4.69) is 54.3 Å². The third-order valence-electron chi connectivity index (χ3n) is 4.18. The highest BCUT2D eigenvalue weighted by atomic mass is 32.1. The van der Waals surface area contributed by atoms with Crippen LogP contribution in [-0.2, 0) is 6.54 Å². The number of piperazine rings is 1. The van der Waals surface area contributed by atoms with Crippen molar-refractivity contribution in [3.63, 3.8) is 0 Å². The maximum atomic E-state index is 3.57. The van der Waals surface area contributed by atoms with Crippen molar-refractivity contribution >= 4 is 11.3 Å². The van der Waals surface area contributed by atoms with Crippen LogP contribution in [0, 0.1) is 6.92 Å². The lowest BCUT2D eigenvalue weighted by Gasteiger charge is -2.42. The molecule has 1 aromatic rings. The molecule has 0 aromatic carbocycles. The van der Waals surface area contributed by atoms with E-state index in [-0.39, 0.29) is 0 Å². The molecule has 0 radical (unpaired) electrons. The van der Waals surface area contributed by atoms with E-state index in [4.69, 9.17) is 0 Å². The summed E-state index contributed by atoms with van der Waals surface area (Å²) in [6.45, 7) is 17.2. The van der Waals surface area contributed by atoms with E-state index in [0.717, 1.165) is 13.1 Å². The van der Waals surface area contributed by atoms with Crippen molar-refractivity contribution < 1.29 is 0 Å². The van der Waals surface area contributed by atoms with Crippen molar-refractivity contribution in [2.75, 3.05) is 39.3 Å². The number of hydrogen-bond donors (Lipinski definition) is 1. The van der Waals surface area contributed by atoms with Gasteiger partial charge in [0.05, 0.1) is 0 Å². The predicted octanol–water partition coefficient (Wildman–Crippen LogP) is 2.56. The number of nitrogens with one attached hydrogen (secondary N) is 1. The topological polar surface area (TPSA) is 18.5 Å². The van der Waals surface area contributed by atoms with Crippen molar-refractivity contribution in [1.29, 1.82) is 0 Å². The summed E-state index contributed by atoms with van der Waals surface area (Å²) in [6, 6.07) is 2.20. The van der Waals surface area contributed by atoms with Crippen LogP contribution in [0.15, 0.2) is 11.4 Å². The van der Waals surface area contributed by atoms with E-state index in [1.807, 2.05) is 11.3 Å². The second kappa shape index (κ2) is 7.03. The van der Waals surface area contributed by atoms with E-state index in [1.54, 1.807) is 0 Å². The number of hydrogen-bond acceptors (Lipinski definition) is 4. The zero-order chi connectivity index (χ0) is 14.6. The van der Waals surface area contributed by atoms with Gasteiger partial charge in [-0.3, -0.25) is 9.80 Å². The van der Waals surface area contributed by atoms with Crippen LogP contribution in [0.3, 0.4) is 0 Å². The minimum absolute atomic E-state index is 0.320. The molecule has 2 rings (SSSR count). The molecule has 3 nitrogen and oxygen atoms in total. The summed E-state index contributed by atoms with van der Waals surface area (Å²) in [5.74, 6) is 0. The van der Waals surface area contributed by atoms with E-state index in [9.17, 15) is 0 Å². The highest BCUT2D eigenvalue weighted by Gasteiger charge is 2.25. The molecule has 1 saturated heterocycles. The Bertz CT molecular complexity index is 400. The lowest BCUT2D eigenvalue weighted by Crippen LogP contribution is -2.54. The van der Waals surface area contributed by atoms with Crippen LogP contribution < -0.4 is 5.32 Å². The Labute approximate surface area is 128 Å². The molecular weight excluding hydrogens is 266 g/mol. The summed E-state index contributed by atoms with van der Waals surface area (Å²) in [5.41, 5.74) is 1.74. The van der Waals surface area contributed by atoms with Gasteiger partial charge in [-0.05, 0) is 44.7 Å². The maximum Gasteiger partial charge on any atom is 0.0302 e. The largest absolute Gasteiger partial charge is 0.311 e. The van der Waals surface area contributed by atoms with Crippen molar-refractivity contribution in [2.24, 2.45) is 0 Å². The van der Waals surface area contributed by atoms with Crippen LogP contribution in [0.5, 0.6) is 0 Å². The third-order valence-corrected chi connectivity index (χ3v) is 5.20. The first-order valence-corrected chi connectivity index (χ1v) is 8.56. The molecule has 0 amide bonds. The summed E-state index contributed by atoms with van der Waals surface area (Å²) < 4.78 is 0. The molecule has 2 heterocycles. The Hall–Kier alpha value is -0.420. The van der Waals surface area contributed by atoms with Crippen LogP contribution in [0.1, 0.15) is 31.2 Å². The van der Waals surface area contributed by atoms with Crippen molar-refractivity contribution in [1.82, 2.24) is 15.1 Å². The Morgan fingerprint density at radius 1 is 1.20 bits per heavy atom. The molecule has 114 valence electrons. The van der Waals surface area contributed by atoms with Gasteiger partial charge in [-0.2, -0.15) is 0 Å². The number of nitrogens with zero attached hydrogens (tertiary/aromatic N) is 2. The van der Waals surface area contributed by atoms with Gasteiger partial charge >= 0.3 is 0 Å². The number of thiophene rings is 1. The van der Waals surface area contributed by atoms with Crippen LogP contribution >= 0.6 is 11.3 Å². The second-order valence-corrected chi connectivity index (χ2v) is 7.70. The molecule has 0 saturated carbocycles. The molecule has 4 heteroatoms. The first-order chi connectivity index (χ1) is 9.47. The third kappa shape index (κ3) is 4.55.